The molecule has 0 bridgehead atoms. The van der Waals surface area contributed by atoms with Gasteiger partial charge >= 0.3 is 0 Å². The molecule has 0 amide bonds. The van der Waals surface area contributed by atoms with Gasteiger partial charge in [-0.25, -0.2) is 0 Å². The molecule has 4 heteroatoms. The van der Waals surface area contributed by atoms with Crippen LogP contribution in [0.15, 0.2) is 35.0 Å². The monoisotopic (exact) mass is 257 g/mol. The van der Waals surface area contributed by atoms with Crippen molar-refractivity contribution in [2.24, 2.45) is 5.73 Å². The first-order chi connectivity index (χ1) is 7.20. The highest BCUT2D eigenvalue weighted by Crippen LogP contribution is 2.33. The van der Waals surface area contributed by atoms with Gasteiger partial charge in [0, 0.05) is 15.6 Å². The van der Waals surface area contributed by atoms with E-state index in [0.717, 1.165) is 11.1 Å². The average Bonchev–Trinajstić information content (AvgIpc) is 2.69. The van der Waals surface area contributed by atoms with Gasteiger partial charge in [0.25, 0.3) is 0 Å². The maximum atomic E-state index is 6.10. The van der Waals surface area contributed by atoms with Crippen molar-refractivity contribution in [3.63, 3.8) is 0 Å². The number of hydrogen-bond donors (Lipinski definition) is 1. The second-order valence-electron chi connectivity index (χ2n) is 3.17. The van der Waals surface area contributed by atoms with E-state index < -0.39 is 0 Å². The number of hydrogen-bond acceptors (Lipinski definition) is 2. The predicted octanol–water partition coefficient (Wildman–Crippen LogP) is 4.10. The second-order valence-corrected chi connectivity index (χ2v) is 4.76. The van der Waals surface area contributed by atoms with Crippen molar-refractivity contribution in [2.75, 3.05) is 0 Å². The normalized spacial score (nSPS) is 12.7. The van der Waals surface area contributed by atoms with Crippen LogP contribution in [0.25, 0.3) is 0 Å². The van der Waals surface area contributed by atoms with E-state index in [-0.39, 0.29) is 6.04 Å². The Bertz CT molecular complexity index is 433. The highest BCUT2D eigenvalue weighted by atomic mass is 35.5. The van der Waals surface area contributed by atoms with E-state index in [9.17, 15) is 0 Å². The smallest absolute Gasteiger partial charge is 0.0589 e. The van der Waals surface area contributed by atoms with E-state index in [1.54, 1.807) is 23.5 Å². The third kappa shape index (κ3) is 2.18. The molecule has 0 saturated heterocycles. The lowest BCUT2D eigenvalue weighted by atomic mass is 10.0. The van der Waals surface area contributed by atoms with Crippen molar-refractivity contribution >= 4 is 34.5 Å². The molecule has 2 rings (SSSR count). The average molecular weight is 258 g/mol. The topological polar surface area (TPSA) is 26.0 Å². The predicted molar refractivity (Wildman–Crippen MR) is 66.8 cm³/mol. The molecule has 2 N–H and O–H groups in total. The summed E-state index contributed by atoms with van der Waals surface area (Å²) in [6.45, 7) is 0. The molecule has 1 unspecified atom stereocenters. The first-order valence-corrected chi connectivity index (χ1v) is 6.11. The zero-order valence-corrected chi connectivity index (χ0v) is 10.1. The molecule has 0 aliphatic heterocycles. The Hall–Kier alpha value is -0.540. The standard InChI is InChI=1S/C11H9Cl2NS/c12-8-2-1-3-9(13)10(8)11(14)7-4-5-15-6-7/h1-6,11H,14H2. The summed E-state index contributed by atoms with van der Waals surface area (Å²) in [7, 11) is 0. The molecular weight excluding hydrogens is 249 g/mol. The summed E-state index contributed by atoms with van der Waals surface area (Å²) in [4.78, 5) is 0. The van der Waals surface area contributed by atoms with Crippen molar-refractivity contribution in [1.82, 2.24) is 0 Å². The zero-order chi connectivity index (χ0) is 10.8. The van der Waals surface area contributed by atoms with Crippen LogP contribution in [0.2, 0.25) is 10.0 Å². The van der Waals surface area contributed by atoms with E-state index in [1.165, 1.54) is 0 Å². The molecule has 1 heterocycles. The quantitative estimate of drug-likeness (QED) is 0.862. The summed E-state index contributed by atoms with van der Waals surface area (Å²) < 4.78 is 0. The van der Waals surface area contributed by atoms with Crippen LogP contribution in [0.4, 0.5) is 0 Å². The van der Waals surface area contributed by atoms with Gasteiger partial charge in [-0.3, -0.25) is 0 Å². The molecule has 0 radical (unpaired) electrons. The Balaban J connectivity index is 2.46. The Kier molecular flexibility index (Phi) is 3.32. The highest BCUT2D eigenvalue weighted by molar-refractivity contribution is 7.08. The lowest BCUT2D eigenvalue weighted by Crippen LogP contribution is -2.11. The van der Waals surface area contributed by atoms with Crippen LogP contribution < -0.4 is 5.73 Å². The lowest BCUT2D eigenvalue weighted by Gasteiger charge is -2.13. The molecule has 0 aliphatic rings. The number of benzene rings is 1. The summed E-state index contributed by atoms with van der Waals surface area (Å²) in [5.41, 5.74) is 7.93. The third-order valence-electron chi connectivity index (χ3n) is 2.21. The first kappa shape index (κ1) is 11.0. The van der Waals surface area contributed by atoms with Gasteiger partial charge < -0.3 is 5.73 Å². The van der Waals surface area contributed by atoms with Crippen LogP contribution in [-0.2, 0) is 0 Å². The number of rotatable bonds is 2. The second kappa shape index (κ2) is 4.54. The van der Waals surface area contributed by atoms with Crippen LogP contribution in [-0.4, -0.2) is 0 Å². The van der Waals surface area contributed by atoms with Crippen molar-refractivity contribution in [3.05, 3.63) is 56.2 Å². The molecule has 15 heavy (non-hydrogen) atoms. The minimum absolute atomic E-state index is 0.252. The summed E-state index contributed by atoms with van der Waals surface area (Å²) in [5, 5.41) is 5.21. The third-order valence-corrected chi connectivity index (χ3v) is 3.57. The number of nitrogens with two attached hydrogens (primary N) is 1. The minimum atomic E-state index is -0.252. The van der Waals surface area contributed by atoms with Crippen molar-refractivity contribution < 1.29 is 0 Å². The molecule has 78 valence electrons. The van der Waals surface area contributed by atoms with E-state index in [2.05, 4.69) is 0 Å². The molecule has 0 aliphatic carbocycles. The van der Waals surface area contributed by atoms with Crippen LogP contribution in [0.3, 0.4) is 0 Å². The molecule has 1 atom stereocenters. The summed E-state index contributed by atoms with van der Waals surface area (Å²) in [6.07, 6.45) is 0. The fourth-order valence-electron chi connectivity index (χ4n) is 1.43. The molecule has 1 aromatic heterocycles. The van der Waals surface area contributed by atoms with Gasteiger partial charge in [-0.15, -0.1) is 0 Å². The summed E-state index contributed by atoms with van der Waals surface area (Å²) >= 11 is 13.8. The zero-order valence-electron chi connectivity index (χ0n) is 7.78. The lowest BCUT2D eigenvalue weighted by molar-refractivity contribution is 0.877. The van der Waals surface area contributed by atoms with E-state index in [1.807, 2.05) is 22.9 Å². The van der Waals surface area contributed by atoms with Gasteiger partial charge in [0.1, 0.15) is 0 Å². The van der Waals surface area contributed by atoms with Gasteiger partial charge in [-0.05, 0) is 34.5 Å². The van der Waals surface area contributed by atoms with Gasteiger partial charge in [0.05, 0.1) is 6.04 Å². The number of thiophene rings is 1. The molecule has 1 aromatic carbocycles. The highest BCUT2D eigenvalue weighted by Gasteiger charge is 2.15. The van der Waals surface area contributed by atoms with Gasteiger partial charge in [-0.1, -0.05) is 29.3 Å². The molecular formula is C11H9Cl2NS. The fraction of sp³-hybridized carbons (Fsp3) is 0.0909. The maximum Gasteiger partial charge on any atom is 0.0589 e. The first-order valence-electron chi connectivity index (χ1n) is 4.41. The molecule has 2 aromatic rings. The number of halogens is 2. The van der Waals surface area contributed by atoms with Crippen molar-refractivity contribution in [3.8, 4) is 0 Å². The maximum absolute atomic E-state index is 6.10. The van der Waals surface area contributed by atoms with Crippen LogP contribution >= 0.6 is 34.5 Å². The van der Waals surface area contributed by atoms with Crippen LogP contribution in [0.1, 0.15) is 17.2 Å². The minimum Gasteiger partial charge on any atom is -0.320 e. The Morgan fingerprint density at radius 1 is 1.13 bits per heavy atom. The molecule has 1 nitrogen and oxygen atoms in total. The van der Waals surface area contributed by atoms with Crippen molar-refractivity contribution in [1.29, 1.82) is 0 Å². The Morgan fingerprint density at radius 2 is 1.80 bits per heavy atom. The fourth-order valence-corrected chi connectivity index (χ4v) is 2.76. The molecule has 0 saturated carbocycles. The van der Waals surface area contributed by atoms with E-state index >= 15 is 0 Å². The van der Waals surface area contributed by atoms with Gasteiger partial charge in [0.2, 0.25) is 0 Å². The summed E-state index contributed by atoms with van der Waals surface area (Å²) in [5.74, 6) is 0. The van der Waals surface area contributed by atoms with Crippen molar-refractivity contribution in [2.45, 2.75) is 6.04 Å². The van der Waals surface area contributed by atoms with Crippen LogP contribution in [0.5, 0.6) is 0 Å². The molecule has 0 spiro atoms. The Morgan fingerprint density at radius 3 is 2.33 bits per heavy atom. The van der Waals surface area contributed by atoms with E-state index in [4.69, 9.17) is 28.9 Å². The Labute approximate surface area is 102 Å². The van der Waals surface area contributed by atoms with Gasteiger partial charge in [0.15, 0.2) is 0 Å². The van der Waals surface area contributed by atoms with Gasteiger partial charge in [-0.2, -0.15) is 11.3 Å². The molecule has 0 fully saturated rings. The SMILES string of the molecule is NC(c1ccsc1)c1c(Cl)cccc1Cl. The summed E-state index contributed by atoms with van der Waals surface area (Å²) in [6, 6.07) is 7.14. The van der Waals surface area contributed by atoms with Crippen LogP contribution in [0, 0.1) is 0 Å². The largest absolute Gasteiger partial charge is 0.320 e. The van der Waals surface area contributed by atoms with E-state index in [0.29, 0.717) is 10.0 Å².